The highest BCUT2D eigenvalue weighted by Gasteiger charge is 2.29. The Bertz CT molecular complexity index is 1410. The molecular weight excluding hydrogens is 510 g/mol. The first-order valence-corrected chi connectivity index (χ1v) is 12.6. The number of nitrogens with zero attached hydrogens (tertiary/aromatic N) is 1. The molecule has 11 heteroatoms. The maximum atomic E-state index is 12.6. The molecule has 2 aromatic carbocycles. The SMILES string of the molecule is CCOC(=O)c1c(NC(=O)C(=O)N/N=C/c2ccccc2OC(=O)c2cccc(OC)c2)sc2c1CCC2. The number of benzene rings is 2. The molecule has 1 aliphatic rings. The Morgan fingerprint density at radius 3 is 2.63 bits per heavy atom. The lowest BCUT2D eigenvalue weighted by atomic mass is 10.1. The quantitative estimate of drug-likeness (QED) is 0.148. The average Bonchev–Trinajstić information content (AvgIpc) is 3.50. The molecule has 0 spiro atoms. The lowest BCUT2D eigenvalue weighted by Crippen LogP contribution is -2.32. The first kappa shape index (κ1) is 26.6. The first-order chi connectivity index (χ1) is 18.4. The number of aryl methyl sites for hydroxylation is 1. The summed E-state index contributed by atoms with van der Waals surface area (Å²) >= 11 is 1.27. The molecule has 2 amide bonds. The van der Waals surface area contributed by atoms with Crippen molar-refractivity contribution in [3.05, 3.63) is 75.7 Å². The van der Waals surface area contributed by atoms with Crippen molar-refractivity contribution in [1.82, 2.24) is 5.43 Å². The third-order valence-electron chi connectivity index (χ3n) is 5.63. The summed E-state index contributed by atoms with van der Waals surface area (Å²) in [5, 5.41) is 6.61. The third-order valence-corrected chi connectivity index (χ3v) is 6.84. The highest BCUT2D eigenvalue weighted by molar-refractivity contribution is 7.17. The van der Waals surface area contributed by atoms with Crippen LogP contribution in [0.4, 0.5) is 5.00 Å². The number of amides is 2. The molecule has 0 atom stereocenters. The van der Waals surface area contributed by atoms with Gasteiger partial charge in [-0.3, -0.25) is 9.59 Å². The molecule has 2 N–H and O–H groups in total. The van der Waals surface area contributed by atoms with Crippen LogP contribution in [0.1, 0.15) is 50.1 Å². The Kier molecular flexibility index (Phi) is 8.49. The first-order valence-electron chi connectivity index (χ1n) is 11.8. The standard InChI is InChI=1S/C27H25N3O7S/c1-3-36-27(34)22-19-11-7-13-21(19)38-25(22)29-23(31)24(32)30-28-15-17-8-4-5-12-20(17)37-26(33)16-9-6-10-18(14-16)35-2/h4-6,8-10,12,14-15H,3,7,11,13H2,1-2H3,(H,29,31)(H,30,32)/b28-15+. The van der Waals surface area contributed by atoms with Gasteiger partial charge in [-0.05, 0) is 62.1 Å². The maximum Gasteiger partial charge on any atom is 0.343 e. The topological polar surface area (TPSA) is 132 Å². The largest absolute Gasteiger partial charge is 0.497 e. The number of anilines is 1. The lowest BCUT2D eigenvalue weighted by molar-refractivity contribution is -0.136. The summed E-state index contributed by atoms with van der Waals surface area (Å²) in [6, 6.07) is 13.1. The molecule has 0 aliphatic heterocycles. The van der Waals surface area contributed by atoms with Gasteiger partial charge in [0, 0.05) is 10.4 Å². The Morgan fingerprint density at radius 2 is 1.84 bits per heavy atom. The molecular formula is C27H25N3O7S. The lowest BCUT2D eigenvalue weighted by Gasteiger charge is -2.08. The van der Waals surface area contributed by atoms with Crippen molar-refractivity contribution in [1.29, 1.82) is 0 Å². The second-order valence-corrected chi connectivity index (χ2v) is 9.20. The minimum absolute atomic E-state index is 0.197. The smallest absolute Gasteiger partial charge is 0.343 e. The monoisotopic (exact) mass is 535 g/mol. The van der Waals surface area contributed by atoms with Gasteiger partial charge in [-0.15, -0.1) is 11.3 Å². The number of para-hydroxylation sites is 1. The molecule has 1 heterocycles. The van der Waals surface area contributed by atoms with Crippen LogP contribution >= 0.6 is 11.3 Å². The molecule has 1 aliphatic carbocycles. The van der Waals surface area contributed by atoms with Crippen LogP contribution in [0, 0.1) is 0 Å². The number of methoxy groups -OCH3 is 1. The normalized spacial score (nSPS) is 12.1. The van der Waals surface area contributed by atoms with E-state index in [9.17, 15) is 19.2 Å². The summed E-state index contributed by atoms with van der Waals surface area (Å²) in [5.41, 5.74) is 4.01. The number of hydrazone groups is 1. The number of hydrogen-bond acceptors (Lipinski definition) is 9. The van der Waals surface area contributed by atoms with Crippen LogP contribution in [-0.4, -0.2) is 43.7 Å². The van der Waals surface area contributed by atoms with E-state index < -0.39 is 23.8 Å². The number of nitrogens with one attached hydrogen (secondary N) is 2. The summed E-state index contributed by atoms with van der Waals surface area (Å²) in [5.74, 6) is -2.43. The molecule has 0 saturated heterocycles. The number of ether oxygens (including phenoxy) is 3. The highest BCUT2D eigenvalue weighted by Crippen LogP contribution is 2.39. The van der Waals surface area contributed by atoms with Crippen molar-refractivity contribution in [2.75, 3.05) is 19.0 Å². The van der Waals surface area contributed by atoms with Gasteiger partial charge in [0.15, 0.2) is 0 Å². The minimum atomic E-state index is -1.03. The fourth-order valence-corrected chi connectivity index (χ4v) is 5.14. The molecule has 0 fully saturated rings. The van der Waals surface area contributed by atoms with Gasteiger partial charge in [-0.25, -0.2) is 15.0 Å². The van der Waals surface area contributed by atoms with Crippen LogP contribution in [0.2, 0.25) is 0 Å². The molecule has 0 unspecified atom stereocenters. The van der Waals surface area contributed by atoms with Gasteiger partial charge in [0.25, 0.3) is 0 Å². The van der Waals surface area contributed by atoms with E-state index in [-0.39, 0.29) is 17.4 Å². The number of rotatable bonds is 8. The second kappa shape index (κ2) is 12.2. The Labute approximate surface area is 222 Å². The maximum absolute atomic E-state index is 12.6. The van der Waals surface area contributed by atoms with Gasteiger partial charge < -0.3 is 19.5 Å². The van der Waals surface area contributed by atoms with Crippen LogP contribution in [0.3, 0.4) is 0 Å². The van der Waals surface area contributed by atoms with Crippen molar-refractivity contribution < 1.29 is 33.4 Å². The molecule has 1 aromatic heterocycles. The third kappa shape index (κ3) is 6.06. The number of fused-ring (bicyclic) bond motifs is 1. The number of thiophene rings is 1. The molecule has 0 saturated carbocycles. The van der Waals surface area contributed by atoms with Gasteiger partial charge >= 0.3 is 23.8 Å². The van der Waals surface area contributed by atoms with Crippen LogP contribution in [-0.2, 0) is 27.2 Å². The number of hydrogen-bond donors (Lipinski definition) is 2. The van der Waals surface area contributed by atoms with E-state index in [4.69, 9.17) is 14.2 Å². The van der Waals surface area contributed by atoms with E-state index in [1.54, 1.807) is 55.5 Å². The average molecular weight is 536 g/mol. The van der Waals surface area contributed by atoms with Gasteiger partial charge in [-0.2, -0.15) is 5.10 Å². The highest BCUT2D eigenvalue weighted by atomic mass is 32.1. The van der Waals surface area contributed by atoms with E-state index in [1.165, 1.54) is 24.7 Å². The molecule has 196 valence electrons. The van der Waals surface area contributed by atoms with Crippen molar-refractivity contribution >= 4 is 46.3 Å². The summed E-state index contributed by atoms with van der Waals surface area (Å²) in [7, 11) is 1.50. The predicted octanol–water partition coefficient (Wildman–Crippen LogP) is 3.73. The van der Waals surface area contributed by atoms with Gasteiger partial charge in [0.2, 0.25) is 0 Å². The Balaban J connectivity index is 1.40. The molecule has 0 radical (unpaired) electrons. The van der Waals surface area contributed by atoms with Crippen LogP contribution in [0.15, 0.2) is 53.6 Å². The zero-order chi connectivity index (χ0) is 27.1. The van der Waals surface area contributed by atoms with Gasteiger partial charge in [0.1, 0.15) is 16.5 Å². The minimum Gasteiger partial charge on any atom is -0.497 e. The van der Waals surface area contributed by atoms with E-state index in [0.717, 1.165) is 23.3 Å². The van der Waals surface area contributed by atoms with E-state index in [1.807, 2.05) is 0 Å². The van der Waals surface area contributed by atoms with Crippen molar-refractivity contribution in [3.8, 4) is 11.5 Å². The fourth-order valence-electron chi connectivity index (χ4n) is 3.87. The van der Waals surface area contributed by atoms with Crippen molar-refractivity contribution in [3.63, 3.8) is 0 Å². The molecule has 3 aromatic rings. The molecule has 4 rings (SSSR count). The van der Waals surface area contributed by atoms with Gasteiger partial charge in [0.05, 0.1) is 31.1 Å². The Hall–Kier alpha value is -4.51. The van der Waals surface area contributed by atoms with Gasteiger partial charge in [-0.1, -0.05) is 18.2 Å². The van der Waals surface area contributed by atoms with Crippen LogP contribution in [0.25, 0.3) is 0 Å². The molecule has 0 bridgehead atoms. The van der Waals surface area contributed by atoms with Crippen molar-refractivity contribution in [2.24, 2.45) is 5.10 Å². The number of carbonyl (C=O) groups excluding carboxylic acids is 4. The summed E-state index contributed by atoms with van der Waals surface area (Å²) in [6.07, 6.45) is 3.70. The summed E-state index contributed by atoms with van der Waals surface area (Å²) in [4.78, 5) is 50.9. The van der Waals surface area contributed by atoms with Crippen molar-refractivity contribution in [2.45, 2.75) is 26.2 Å². The zero-order valence-electron chi connectivity index (χ0n) is 20.7. The van der Waals surface area contributed by atoms with Crippen LogP contribution in [0.5, 0.6) is 11.5 Å². The number of carbonyl (C=O) groups is 4. The predicted molar refractivity (Wildman–Crippen MR) is 141 cm³/mol. The van der Waals surface area contributed by atoms with Crippen LogP contribution < -0.4 is 20.2 Å². The number of esters is 2. The molecule has 10 nitrogen and oxygen atoms in total. The summed E-state index contributed by atoms with van der Waals surface area (Å²) < 4.78 is 15.7. The van der Waals surface area contributed by atoms with E-state index in [2.05, 4.69) is 15.8 Å². The summed E-state index contributed by atoms with van der Waals surface area (Å²) in [6.45, 7) is 1.90. The Morgan fingerprint density at radius 1 is 1.03 bits per heavy atom. The van der Waals surface area contributed by atoms with E-state index in [0.29, 0.717) is 28.9 Å². The zero-order valence-corrected chi connectivity index (χ0v) is 21.6. The van der Waals surface area contributed by atoms with E-state index >= 15 is 0 Å². The fraction of sp³-hybridized carbons (Fsp3) is 0.222. The molecule has 38 heavy (non-hydrogen) atoms. The second-order valence-electron chi connectivity index (χ2n) is 8.09.